The molecular formula is C18H19ClFN3O2. The number of aromatic nitrogens is 1. The number of halogens is 2. The second kappa shape index (κ2) is 7.37. The minimum atomic E-state index is -1.06. The summed E-state index contributed by atoms with van der Waals surface area (Å²) in [6, 6.07) is 9.85. The normalized spacial score (nSPS) is 20.6. The first-order valence-corrected chi connectivity index (χ1v) is 8.43. The maximum absolute atomic E-state index is 13.8. The number of benzene rings is 1. The van der Waals surface area contributed by atoms with Crippen LogP contribution in [0.4, 0.5) is 10.2 Å². The zero-order valence-corrected chi connectivity index (χ0v) is 14.5. The van der Waals surface area contributed by atoms with E-state index in [0.29, 0.717) is 12.4 Å². The minimum absolute atomic E-state index is 0.00450. The monoisotopic (exact) mass is 363 g/mol. The summed E-state index contributed by atoms with van der Waals surface area (Å²) in [4.78, 5) is 17.3. The Labute approximate surface area is 150 Å². The highest BCUT2D eigenvalue weighted by atomic mass is 35.5. The Morgan fingerprint density at radius 2 is 2.24 bits per heavy atom. The number of nitrogens with zero attached hydrogens (tertiary/aromatic N) is 2. The molecule has 0 saturated carbocycles. The van der Waals surface area contributed by atoms with Gasteiger partial charge in [-0.3, -0.25) is 4.90 Å². The van der Waals surface area contributed by atoms with Crippen molar-refractivity contribution in [3.8, 4) is 0 Å². The molecule has 132 valence electrons. The number of hydrogen-bond donors (Lipinski definition) is 2. The number of rotatable bonds is 5. The van der Waals surface area contributed by atoms with E-state index >= 15 is 0 Å². The van der Waals surface area contributed by atoms with Crippen LogP contribution in [0.15, 0.2) is 36.4 Å². The summed E-state index contributed by atoms with van der Waals surface area (Å²) in [5.41, 5.74) is 0.894. The van der Waals surface area contributed by atoms with Crippen molar-refractivity contribution in [2.75, 3.05) is 25.5 Å². The van der Waals surface area contributed by atoms with E-state index in [0.717, 1.165) is 18.5 Å². The lowest BCUT2D eigenvalue weighted by molar-refractivity contribution is 0.0690. The molecule has 2 unspecified atom stereocenters. The van der Waals surface area contributed by atoms with E-state index in [-0.39, 0.29) is 22.7 Å². The lowest BCUT2D eigenvalue weighted by atomic mass is 9.93. The fourth-order valence-corrected chi connectivity index (χ4v) is 3.47. The van der Waals surface area contributed by atoms with Crippen LogP contribution in [0, 0.1) is 11.7 Å². The summed E-state index contributed by atoms with van der Waals surface area (Å²) in [7, 11) is 2.01. The van der Waals surface area contributed by atoms with Crippen molar-refractivity contribution >= 4 is 23.4 Å². The molecule has 2 aromatic rings. The van der Waals surface area contributed by atoms with Crippen LogP contribution in [-0.4, -0.2) is 41.1 Å². The fraction of sp³-hybridized carbons (Fsp3) is 0.333. The number of likely N-dealkylation sites (tertiary alicyclic amines) is 1. The number of carbonyl (C=O) groups is 1. The van der Waals surface area contributed by atoms with Crippen molar-refractivity contribution in [1.82, 2.24) is 9.88 Å². The number of anilines is 1. The zero-order valence-electron chi connectivity index (χ0n) is 13.7. The second-order valence-corrected chi connectivity index (χ2v) is 6.65. The third kappa shape index (κ3) is 3.91. The molecule has 1 aliphatic heterocycles. The molecule has 3 rings (SSSR count). The molecule has 0 spiro atoms. The standard InChI is InChI=1S/C18H19ClFN3O2/c1-23-8-7-12(17(23)11-5-6-13(19)14(20)9-11)10-21-16-4-2-3-15(22-16)18(24)25/h2-6,9,12,17H,7-8,10H2,1H3,(H,21,22)(H,24,25). The Balaban J connectivity index is 1.74. The quantitative estimate of drug-likeness (QED) is 0.848. The molecule has 0 aliphatic carbocycles. The Morgan fingerprint density at radius 1 is 1.44 bits per heavy atom. The molecule has 0 amide bonds. The predicted octanol–water partition coefficient (Wildman–Crippen LogP) is 3.68. The van der Waals surface area contributed by atoms with Crippen molar-refractivity contribution in [3.05, 3.63) is 58.5 Å². The van der Waals surface area contributed by atoms with Crippen molar-refractivity contribution in [2.24, 2.45) is 5.92 Å². The average Bonchev–Trinajstić information content (AvgIpc) is 2.96. The molecule has 0 bridgehead atoms. The molecular weight excluding hydrogens is 345 g/mol. The lowest BCUT2D eigenvalue weighted by Crippen LogP contribution is -2.25. The van der Waals surface area contributed by atoms with Gasteiger partial charge in [0.05, 0.1) is 5.02 Å². The number of carboxylic acid groups (broad SMARTS) is 1. The van der Waals surface area contributed by atoms with Crippen molar-refractivity contribution in [1.29, 1.82) is 0 Å². The van der Waals surface area contributed by atoms with Gasteiger partial charge in [-0.15, -0.1) is 0 Å². The number of pyridine rings is 1. The number of aromatic carboxylic acids is 1. The molecule has 2 atom stereocenters. The van der Waals surface area contributed by atoms with Crippen LogP contribution in [0.2, 0.25) is 5.02 Å². The summed E-state index contributed by atoms with van der Waals surface area (Å²) < 4.78 is 13.8. The van der Waals surface area contributed by atoms with Crippen LogP contribution >= 0.6 is 11.6 Å². The van der Waals surface area contributed by atoms with Crippen molar-refractivity contribution in [3.63, 3.8) is 0 Å². The summed E-state index contributed by atoms with van der Waals surface area (Å²) in [5.74, 6) is -0.697. The molecule has 7 heteroatoms. The molecule has 5 nitrogen and oxygen atoms in total. The number of nitrogens with one attached hydrogen (secondary N) is 1. The van der Waals surface area contributed by atoms with Crippen LogP contribution in [0.5, 0.6) is 0 Å². The van der Waals surface area contributed by atoms with Crippen LogP contribution in [0.3, 0.4) is 0 Å². The first-order valence-electron chi connectivity index (χ1n) is 8.05. The van der Waals surface area contributed by atoms with Gasteiger partial charge in [-0.25, -0.2) is 14.2 Å². The number of hydrogen-bond acceptors (Lipinski definition) is 4. The molecule has 1 saturated heterocycles. The van der Waals surface area contributed by atoms with Crippen LogP contribution < -0.4 is 5.32 Å². The fourth-order valence-electron chi connectivity index (χ4n) is 3.35. The predicted molar refractivity (Wildman–Crippen MR) is 94.6 cm³/mol. The van der Waals surface area contributed by atoms with Gasteiger partial charge in [0.2, 0.25) is 0 Å². The average molecular weight is 364 g/mol. The molecule has 2 N–H and O–H groups in total. The highest BCUT2D eigenvalue weighted by Gasteiger charge is 2.33. The van der Waals surface area contributed by atoms with E-state index in [1.807, 2.05) is 13.1 Å². The first-order chi connectivity index (χ1) is 12.0. The van der Waals surface area contributed by atoms with Gasteiger partial charge >= 0.3 is 5.97 Å². The summed E-state index contributed by atoms with van der Waals surface area (Å²) in [5, 5.41) is 12.3. The van der Waals surface area contributed by atoms with E-state index in [1.165, 1.54) is 12.1 Å². The van der Waals surface area contributed by atoms with Crippen molar-refractivity contribution < 1.29 is 14.3 Å². The van der Waals surface area contributed by atoms with Gasteiger partial charge in [0.25, 0.3) is 0 Å². The lowest BCUT2D eigenvalue weighted by Gasteiger charge is -2.26. The SMILES string of the molecule is CN1CCC(CNc2cccc(C(=O)O)n2)C1c1ccc(Cl)c(F)c1. The minimum Gasteiger partial charge on any atom is -0.477 e. The topological polar surface area (TPSA) is 65.5 Å². The van der Waals surface area contributed by atoms with Crippen LogP contribution in [-0.2, 0) is 0 Å². The van der Waals surface area contributed by atoms with Crippen LogP contribution in [0.1, 0.15) is 28.5 Å². The summed E-state index contributed by atoms with van der Waals surface area (Å²) in [6.45, 7) is 1.53. The Kier molecular flexibility index (Phi) is 5.20. The van der Waals surface area contributed by atoms with Crippen molar-refractivity contribution in [2.45, 2.75) is 12.5 Å². The van der Waals surface area contributed by atoms with Gasteiger partial charge in [-0.1, -0.05) is 23.7 Å². The molecule has 25 heavy (non-hydrogen) atoms. The molecule has 1 aliphatic rings. The Bertz CT molecular complexity index is 787. The van der Waals surface area contributed by atoms with Gasteiger partial charge in [0, 0.05) is 12.6 Å². The third-order valence-corrected chi connectivity index (χ3v) is 4.88. The highest BCUT2D eigenvalue weighted by molar-refractivity contribution is 6.30. The zero-order chi connectivity index (χ0) is 18.0. The maximum atomic E-state index is 13.8. The highest BCUT2D eigenvalue weighted by Crippen LogP contribution is 2.37. The van der Waals surface area contributed by atoms with Gasteiger partial charge in [0.1, 0.15) is 11.6 Å². The van der Waals surface area contributed by atoms with Gasteiger partial charge in [-0.2, -0.15) is 0 Å². The summed E-state index contributed by atoms with van der Waals surface area (Å²) in [6.07, 6.45) is 0.955. The van der Waals surface area contributed by atoms with E-state index in [9.17, 15) is 9.18 Å². The van der Waals surface area contributed by atoms with E-state index in [4.69, 9.17) is 16.7 Å². The largest absolute Gasteiger partial charge is 0.477 e. The van der Waals surface area contributed by atoms with E-state index in [2.05, 4.69) is 15.2 Å². The molecule has 1 aromatic carbocycles. The second-order valence-electron chi connectivity index (χ2n) is 6.24. The van der Waals surface area contributed by atoms with E-state index in [1.54, 1.807) is 18.2 Å². The smallest absolute Gasteiger partial charge is 0.354 e. The van der Waals surface area contributed by atoms with Crippen LogP contribution in [0.25, 0.3) is 0 Å². The molecule has 1 aromatic heterocycles. The first kappa shape index (κ1) is 17.6. The van der Waals surface area contributed by atoms with Gasteiger partial charge in [0.15, 0.2) is 5.69 Å². The Hall–Kier alpha value is -2.18. The maximum Gasteiger partial charge on any atom is 0.354 e. The number of carboxylic acids is 1. The summed E-state index contributed by atoms with van der Waals surface area (Å²) >= 11 is 5.78. The van der Waals surface area contributed by atoms with Gasteiger partial charge in [-0.05, 0) is 55.8 Å². The van der Waals surface area contributed by atoms with E-state index < -0.39 is 11.8 Å². The third-order valence-electron chi connectivity index (χ3n) is 4.57. The molecule has 2 heterocycles. The Morgan fingerprint density at radius 3 is 2.96 bits per heavy atom. The van der Waals surface area contributed by atoms with Gasteiger partial charge < -0.3 is 10.4 Å². The molecule has 0 radical (unpaired) electrons. The molecule has 1 fully saturated rings.